The molecular formula is C17H16N6O3S2. The van der Waals surface area contributed by atoms with Gasteiger partial charge in [0.2, 0.25) is 5.91 Å². The Balaban J connectivity index is 1.62. The monoisotopic (exact) mass is 416 g/mol. The topological polar surface area (TPSA) is 116 Å². The van der Waals surface area contributed by atoms with Crippen molar-refractivity contribution in [1.29, 1.82) is 0 Å². The van der Waals surface area contributed by atoms with E-state index in [1.54, 1.807) is 23.6 Å². The number of nitrogens with zero attached hydrogens (tertiary/aromatic N) is 5. The molecule has 0 saturated carbocycles. The van der Waals surface area contributed by atoms with Crippen LogP contribution in [0, 0.1) is 17.0 Å². The fourth-order valence-electron chi connectivity index (χ4n) is 2.34. The number of hydrogen-bond acceptors (Lipinski definition) is 8. The van der Waals surface area contributed by atoms with E-state index in [1.165, 1.54) is 35.2 Å². The fraction of sp³-hybridized carbons (Fsp3) is 0.176. The van der Waals surface area contributed by atoms with Gasteiger partial charge in [0.25, 0.3) is 5.69 Å². The van der Waals surface area contributed by atoms with Crippen molar-refractivity contribution in [2.75, 3.05) is 11.1 Å². The molecule has 144 valence electrons. The number of aryl methyl sites for hydroxylation is 1. The minimum absolute atomic E-state index is 0.00795. The second-order valence-electron chi connectivity index (χ2n) is 5.61. The van der Waals surface area contributed by atoms with Gasteiger partial charge in [-0.25, -0.2) is 4.98 Å². The normalized spacial score (nSPS) is 10.6. The Hall–Kier alpha value is -3.05. The van der Waals surface area contributed by atoms with Crippen LogP contribution in [0.2, 0.25) is 0 Å². The van der Waals surface area contributed by atoms with Gasteiger partial charge in [0.05, 0.1) is 16.4 Å². The SMILES string of the molecule is C=CCn1c(C)nnc1SCC(=O)Nc1nc(-c2cccc([N+](=O)[O-])c2)cs1. The summed E-state index contributed by atoms with van der Waals surface area (Å²) in [4.78, 5) is 27.0. The zero-order valence-corrected chi connectivity index (χ0v) is 16.5. The molecule has 0 aliphatic carbocycles. The smallest absolute Gasteiger partial charge is 0.270 e. The van der Waals surface area contributed by atoms with E-state index >= 15 is 0 Å². The van der Waals surface area contributed by atoms with Crippen LogP contribution in [0.25, 0.3) is 11.3 Å². The van der Waals surface area contributed by atoms with Crippen LogP contribution in [0.5, 0.6) is 0 Å². The number of carbonyl (C=O) groups is 1. The first-order chi connectivity index (χ1) is 13.5. The van der Waals surface area contributed by atoms with Crippen molar-refractivity contribution < 1.29 is 9.72 Å². The van der Waals surface area contributed by atoms with E-state index in [0.717, 1.165) is 5.82 Å². The number of benzene rings is 1. The van der Waals surface area contributed by atoms with Crippen molar-refractivity contribution in [1.82, 2.24) is 19.7 Å². The number of non-ortho nitro benzene ring substituents is 1. The molecule has 0 unspecified atom stereocenters. The fourth-order valence-corrected chi connectivity index (χ4v) is 3.86. The molecule has 2 aromatic heterocycles. The lowest BCUT2D eigenvalue weighted by Crippen LogP contribution is -2.14. The van der Waals surface area contributed by atoms with Gasteiger partial charge in [-0.15, -0.1) is 28.1 Å². The van der Waals surface area contributed by atoms with E-state index in [1.807, 2.05) is 11.5 Å². The first-order valence-corrected chi connectivity index (χ1v) is 9.98. The van der Waals surface area contributed by atoms with Crippen molar-refractivity contribution in [3.8, 4) is 11.3 Å². The number of rotatable bonds is 8. The summed E-state index contributed by atoms with van der Waals surface area (Å²) in [6.45, 7) is 6.11. The molecule has 0 bridgehead atoms. The van der Waals surface area contributed by atoms with E-state index in [2.05, 4.69) is 27.1 Å². The van der Waals surface area contributed by atoms with Crippen molar-refractivity contribution >= 4 is 39.8 Å². The number of thiazole rings is 1. The van der Waals surface area contributed by atoms with Gasteiger partial charge in [0.1, 0.15) is 5.82 Å². The Morgan fingerprint density at radius 2 is 2.29 bits per heavy atom. The average molecular weight is 416 g/mol. The highest BCUT2D eigenvalue weighted by Crippen LogP contribution is 2.27. The molecule has 0 aliphatic heterocycles. The maximum atomic E-state index is 12.2. The minimum atomic E-state index is -0.456. The highest BCUT2D eigenvalue weighted by atomic mass is 32.2. The first-order valence-electron chi connectivity index (χ1n) is 8.11. The first kappa shape index (κ1) is 19.7. The maximum absolute atomic E-state index is 12.2. The summed E-state index contributed by atoms with van der Waals surface area (Å²) >= 11 is 2.53. The molecule has 0 fully saturated rings. The minimum Gasteiger partial charge on any atom is -0.302 e. The molecule has 0 atom stereocenters. The number of carbonyl (C=O) groups excluding carboxylic acids is 1. The molecule has 1 N–H and O–H groups in total. The third-order valence-corrected chi connectivity index (χ3v) is 5.37. The van der Waals surface area contributed by atoms with Crippen LogP contribution in [-0.4, -0.2) is 36.3 Å². The van der Waals surface area contributed by atoms with Crippen LogP contribution in [0.3, 0.4) is 0 Å². The Bertz CT molecular complexity index is 1030. The van der Waals surface area contributed by atoms with Gasteiger partial charge in [0.15, 0.2) is 10.3 Å². The quantitative estimate of drug-likeness (QED) is 0.258. The highest BCUT2D eigenvalue weighted by Gasteiger charge is 2.14. The predicted molar refractivity (Wildman–Crippen MR) is 109 cm³/mol. The summed E-state index contributed by atoms with van der Waals surface area (Å²) in [7, 11) is 0. The second kappa shape index (κ2) is 8.76. The third-order valence-electron chi connectivity index (χ3n) is 3.65. The maximum Gasteiger partial charge on any atom is 0.270 e. The van der Waals surface area contributed by atoms with E-state index < -0.39 is 4.92 Å². The molecule has 11 heteroatoms. The number of nitro groups is 1. The molecule has 1 amide bonds. The predicted octanol–water partition coefficient (Wildman–Crippen LogP) is 3.54. The van der Waals surface area contributed by atoms with Gasteiger partial charge >= 0.3 is 0 Å². The summed E-state index contributed by atoms with van der Waals surface area (Å²) in [6, 6.07) is 6.20. The van der Waals surface area contributed by atoms with Gasteiger partial charge in [-0.3, -0.25) is 14.9 Å². The number of nitro benzene ring substituents is 1. The zero-order valence-electron chi connectivity index (χ0n) is 14.9. The van der Waals surface area contributed by atoms with E-state index in [9.17, 15) is 14.9 Å². The third kappa shape index (κ3) is 4.61. The summed E-state index contributed by atoms with van der Waals surface area (Å²) in [5, 5.41) is 24.5. The van der Waals surface area contributed by atoms with Crippen LogP contribution in [0.1, 0.15) is 5.82 Å². The summed E-state index contributed by atoms with van der Waals surface area (Å²) in [6.07, 6.45) is 1.74. The number of allylic oxidation sites excluding steroid dienone is 1. The second-order valence-corrected chi connectivity index (χ2v) is 7.41. The summed E-state index contributed by atoms with van der Waals surface area (Å²) in [5.74, 6) is 0.682. The molecule has 28 heavy (non-hydrogen) atoms. The lowest BCUT2D eigenvalue weighted by atomic mass is 10.1. The van der Waals surface area contributed by atoms with Gasteiger partial charge < -0.3 is 9.88 Å². The van der Waals surface area contributed by atoms with Crippen LogP contribution >= 0.6 is 23.1 Å². The molecule has 0 radical (unpaired) electrons. The molecule has 1 aromatic carbocycles. The van der Waals surface area contributed by atoms with Crippen LogP contribution < -0.4 is 5.32 Å². The number of aromatic nitrogens is 4. The number of amides is 1. The number of anilines is 1. The Labute approximate surface area is 168 Å². The molecule has 3 rings (SSSR count). The summed E-state index contributed by atoms with van der Waals surface area (Å²) in [5.41, 5.74) is 1.18. The van der Waals surface area contributed by atoms with Gasteiger partial charge in [-0.1, -0.05) is 30.0 Å². The summed E-state index contributed by atoms with van der Waals surface area (Å²) < 4.78 is 1.87. The van der Waals surface area contributed by atoms with Crippen LogP contribution in [0.4, 0.5) is 10.8 Å². The highest BCUT2D eigenvalue weighted by molar-refractivity contribution is 7.99. The molecule has 0 saturated heterocycles. The Kier molecular flexibility index (Phi) is 6.16. The van der Waals surface area contributed by atoms with E-state index in [4.69, 9.17) is 0 Å². The zero-order chi connectivity index (χ0) is 20.1. The lowest BCUT2D eigenvalue weighted by molar-refractivity contribution is -0.384. The van der Waals surface area contributed by atoms with Gasteiger partial charge in [-0.2, -0.15) is 0 Å². The van der Waals surface area contributed by atoms with Gasteiger partial charge in [0, 0.05) is 29.6 Å². The lowest BCUT2D eigenvalue weighted by Gasteiger charge is -2.05. The molecular weight excluding hydrogens is 400 g/mol. The molecule has 3 aromatic rings. The standard InChI is InChI=1S/C17H16N6O3S2/c1-3-7-22-11(2)20-21-17(22)28-10-15(24)19-16-18-14(9-27-16)12-5-4-6-13(8-12)23(25)26/h3-6,8-9H,1,7,10H2,2H3,(H,18,19,24). The largest absolute Gasteiger partial charge is 0.302 e. The van der Waals surface area contributed by atoms with Crippen LogP contribution in [0.15, 0.2) is 47.5 Å². The van der Waals surface area contributed by atoms with E-state index in [0.29, 0.717) is 28.1 Å². The average Bonchev–Trinajstić information content (AvgIpc) is 3.28. The number of thioether (sulfide) groups is 1. The van der Waals surface area contributed by atoms with Crippen molar-refractivity contribution in [3.05, 3.63) is 58.2 Å². The Morgan fingerprint density at radius 3 is 3.04 bits per heavy atom. The number of nitrogens with one attached hydrogen (secondary N) is 1. The van der Waals surface area contributed by atoms with Crippen LogP contribution in [-0.2, 0) is 11.3 Å². The molecule has 9 nitrogen and oxygen atoms in total. The number of hydrogen-bond donors (Lipinski definition) is 1. The molecule has 0 spiro atoms. The van der Waals surface area contributed by atoms with Crippen molar-refractivity contribution in [2.45, 2.75) is 18.6 Å². The van der Waals surface area contributed by atoms with E-state index in [-0.39, 0.29) is 17.3 Å². The van der Waals surface area contributed by atoms with Crippen molar-refractivity contribution in [2.24, 2.45) is 0 Å². The molecule has 0 aliphatic rings. The Morgan fingerprint density at radius 1 is 1.46 bits per heavy atom. The molecule has 2 heterocycles. The van der Waals surface area contributed by atoms with Gasteiger partial charge in [-0.05, 0) is 6.92 Å². The van der Waals surface area contributed by atoms with Crippen molar-refractivity contribution in [3.63, 3.8) is 0 Å².